The molecule has 2 heterocycles. The number of aromatic amines is 1. The van der Waals surface area contributed by atoms with Gasteiger partial charge in [0.15, 0.2) is 0 Å². The van der Waals surface area contributed by atoms with Crippen molar-refractivity contribution in [3.05, 3.63) is 30.0 Å². The first kappa shape index (κ1) is 20.7. The summed E-state index contributed by atoms with van der Waals surface area (Å²) in [4.78, 5) is 51.2. The monoisotopic (exact) mass is 411 g/mol. The Balaban J connectivity index is 1.59. The van der Waals surface area contributed by atoms with E-state index in [0.717, 1.165) is 10.4 Å². The summed E-state index contributed by atoms with van der Waals surface area (Å²) < 4.78 is 5.26. The summed E-state index contributed by atoms with van der Waals surface area (Å²) >= 11 is 0. The molecule has 1 aromatic carbocycles. The van der Waals surface area contributed by atoms with Crippen LogP contribution in [-0.4, -0.2) is 60.4 Å². The molecule has 30 heavy (non-hydrogen) atoms. The van der Waals surface area contributed by atoms with Crippen molar-refractivity contribution >= 4 is 34.5 Å². The summed E-state index contributed by atoms with van der Waals surface area (Å²) in [6.45, 7) is 0.0633. The van der Waals surface area contributed by atoms with Crippen molar-refractivity contribution < 1.29 is 23.9 Å². The van der Waals surface area contributed by atoms with Crippen molar-refractivity contribution in [1.82, 2.24) is 26.1 Å². The van der Waals surface area contributed by atoms with E-state index in [1.807, 2.05) is 5.92 Å². The Bertz CT molecular complexity index is 1040. The summed E-state index contributed by atoms with van der Waals surface area (Å²) in [7, 11) is 1.53. The zero-order chi connectivity index (χ0) is 21.7. The lowest BCUT2D eigenvalue weighted by Crippen LogP contribution is -2.51. The van der Waals surface area contributed by atoms with Gasteiger partial charge < -0.3 is 20.4 Å². The average Bonchev–Trinajstić information content (AvgIpc) is 3.36. The molecular weight excluding hydrogens is 390 g/mol. The van der Waals surface area contributed by atoms with E-state index in [9.17, 15) is 19.2 Å². The number of fused-ring (bicyclic) bond motifs is 1. The van der Waals surface area contributed by atoms with Crippen LogP contribution in [0.25, 0.3) is 10.9 Å². The van der Waals surface area contributed by atoms with Gasteiger partial charge in [0, 0.05) is 17.4 Å². The topological polar surface area (TPSA) is 133 Å². The van der Waals surface area contributed by atoms with E-state index in [1.165, 1.54) is 7.11 Å². The zero-order valence-electron chi connectivity index (χ0n) is 16.3. The van der Waals surface area contributed by atoms with Gasteiger partial charge in [-0.15, -0.1) is 6.42 Å². The predicted molar refractivity (Wildman–Crippen MR) is 107 cm³/mol. The van der Waals surface area contributed by atoms with Gasteiger partial charge >= 0.3 is 5.91 Å². The van der Waals surface area contributed by atoms with Crippen LogP contribution in [0.2, 0.25) is 0 Å². The first-order chi connectivity index (χ1) is 14.4. The average molecular weight is 411 g/mol. The molecule has 4 N–H and O–H groups in total. The predicted octanol–water partition coefficient (Wildman–Crippen LogP) is -0.465. The van der Waals surface area contributed by atoms with Gasteiger partial charge in [-0.05, 0) is 30.5 Å². The van der Waals surface area contributed by atoms with Crippen LogP contribution in [0, 0.1) is 18.3 Å². The van der Waals surface area contributed by atoms with Crippen LogP contribution in [0.4, 0.5) is 0 Å². The molecule has 1 aliphatic rings. The van der Waals surface area contributed by atoms with Crippen LogP contribution in [0.1, 0.15) is 16.9 Å². The second-order valence-electron chi connectivity index (χ2n) is 6.66. The largest absolute Gasteiger partial charge is 0.496 e. The number of rotatable bonds is 6. The molecule has 1 atom stereocenters. The minimum atomic E-state index is -0.780. The number of carbonyl (C=O) groups excluding carboxylic acids is 4. The highest BCUT2D eigenvalue weighted by molar-refractivity contribution is 6.01. The van der Waals surface area contributed by atoms with Crippen LogP contribution in [0.15, 0.2) is 24.3 Å². The molecule has 2 aromatic rings. The van der Waals surface area contributed by atoms with Crippen LogP contribution < -0.4 is 20.8 Å². The number of terminal acetylenes is 1. The van der Waals surface area contributed by atoms with Crippen molar-refractivity contribution in [3.8, 4) is 18.1 Å². The fraction of sp³-hybridized carbons (Fsp3) is 0.300. The summed E-state index contributed by atoms with van der Waals surface area (Å²) in [5.41, 5.74) is 3.31. The van der Waals surface area contributed by atoms with Gasteiger partial charge in [0.2, 0.25) is 5.91 Å². The Morgan fingerprint density at radius 2 is 2.17 bits per heavy atom. The summed E-state index contributed by atoms with van der Waals surface area (Å²) in [5, 5.41) is 6.77. The Morgan fingerprint density at radius 1 is 1.37 bits per heavy atom. The fourth-order valence-electron chi connectivity index (χ4n) is 3.17. The number of hydrazine groups is 1. The molecule has 0 spiro atoms. The van der Waals surface area contributed by atoms with Crippen LogP contribution in [-0.2, 0) is 14.4 Å². The summed E-state index contributed by atoms with van der Waals surface area (Å²) in [6, 6.07) is 6.97. The Labute approximate surface area is 172 Å². The summed E-state index contributed by atoms with van der Waals surface area (Å²) in [5.74, 6) is -0.0837. The van der Waals surface area contributed by atoms with Gasteiger partial charge in [0.1, 0.15) is 11.4 Å². The van der Waals surface area contributed by atoms with Crippen molar-refractivity contribution in [3.63, 3.8) is 0 Å². The molecule has 1 aliphatic heterocycles. The number of aromatic nitrogens is 1. The van der Waals surface area contributed by atoms with E-state index in [2.05, 4.69) is 21.0 Å². The first-order valence-electron chi connectivity index (χ1n) is 9.22. The normalized spacial score (nSPS) is 15.2. The molecule has 0 unspecified atom stereocenters. The van der Waals surface area contributed by atoms with Crippen LogP contribution >= 0.6 is 0 Å². The van der Waals surface area contributed by atoms with Crippen LogP contribution in [0.3, 0.4) is 0 Å². The number of hydrogen-bond donors (Lipinski definition) is 4. The van der Waals surface area contributed by atoms with Gasteiger partial charge in [-0.1, -0.05) is 6.07 Å². The second kappa shape index (κ2) is 9.00. The number of hydrogen-bond acceptors (Lipinski definition) is 5. The maximum Gasteiger partial charge on any atom is 0.316 e. The molecule has 1 fully saturated rings. The minimum Gasteiger partial charge on any atom is -0.496 e. The molecule has 10 nitrogen and oxygen atoms in total. The maximum absolute atomic E-state index is 12.4. The van der Waals surface area contributed by atoms with Gasteiger partial charge in [-0.3, -0.25) is 24.6 Å². The number of H-pyrrole nitrogens is 1. The molecule has 1 saturated heterocycles. The molecule has 1 aromatic heterocycles. The Kier molecular flexibility index (Phi) is 6.22. The van der Waals surface area contributed by atoms with Crippen molar-refractivity contribution in [2.75, 3.05) is 26.7 Å². The third kappa shape index (κ3) is 4.52. The van der Waals surface area contributed by atoms with Crippen LogP contribution in [0.5, 0.6) is 5.75 Å². The fourth-order valence-corrected chi connectivity index (χ4v) is 3.17. The minimum absolute atomic E-state index is 0.0453. The number of amides is 4. The van der Waals surface area contributed by atoms with Crippen molar-refractivity contribution in [1.29, 1.82) is 0 Å². The number of methoxy groups -OCH3 is 1. The molecule has 3 rings (SSSR count). The number of benzene rings is 1. The summed E-state index contributed by atoms with van der Waals surface area (Å²) in [6.07, 6.45) is 5.67. The molecule has 0 bridgehead atoms. The zero-order valence-corrected chi connectivity index (χ0v) is 16.3. The molecule has 156 valence electrons. The lowest BCUT2D eigenvalue weighted by Gasteiger charge is -2.23. The number of carbonyl (C=O) groups is 4. The number of nitrogens with zero attached hydrogens (tertiary/aromatic N) is 1. The van der Waals surface area contributed by atoms with E-state index in [4.69, 9.17) is 11.2 Å². The van der Waals surface area contributed by atoms with Crippen molar-refractivity contribution in [2.45, 2.75) is 6.42 Å². The van der Waals surface area contributed by atoms with E-state index < -0.39 is 30.2 Å². The van der Waals surface area contributed by atoms with Gasteiger partial charge in [0.25, 0.3) is 11.8 Å². The van der Waals surface area contributed by atoms with E-state index in [0.29, 0.717) is 24.2 Å². The van der Waals surface area contributed by atoms with Gasteiger partial charge in [0.05, 0.1) is 26.1 Å². The highest BCUT2D eigenvalue weighted by Gasteiger charge is 2.28. The number of ether oxygens (including phenoxy) is 1. The standard InChI is InChI=1S/C20H21N5O5/c1-3-18(27)25(11-12-7-8-21-19(12)28)24-17(26)10-22-20(29)15-9-13-14(23-15)5-4-6-16(13)30-2/h1,4-6,9,12,23H,7-8,10-11H2,2H3,(H,21,28)(H,22,29)(H,24,26)/t12-/m0/s1. The van der Waals surface area contributed by atoms with E-state index in [-0.39, 0.29) is 18.1 Å². The smallest absolute Gasteiger partial charge is 0.316 e. The van der Waals surface area contributed by atoms with E-state index >= 15 is 0 Å². The molecule has 0 saturated carbocycles. The molecule has 4 amide bonds. The quantitative estimate of drug-likeness (QED) is 0.377. The third-order valence-corrected chi connectivity index (χ3v) is 4.69. The highest BCUT2D eigenvalue weighted by Crippen LogP contribution is 2.25. The first-order valence-corrected chi connectivity index (χ1v) is 9.22. The van der Waals surface area contributed by atoms with E-state index in [1.54, 1.807) is 24.3 Å². The lowest BCUT2D eigenvalue weighted by molar-refractivity contribution is -0.138. The molecule has 0 aliphatic carbocycles. The van der Waals surface area contributed by atoms with Crippen molar-refractivity contribution in [2.24, 2.45) is 5.92 Å². The molecule has 10 heteroatoms. The second-order valence-corrected chi connectivity index (χ2v) is 6.66. The molecular formula is C20H21N5O5. The number of nitrogens with one attached hydrogen (secondary N) is 4. The Hall–Kier alpha value is -4.00. The lowest BCUT2D eigenvalue weighted by atomic mass is 10.1. The Morgan fingerprint density at radius 3 is 2.83 bits per heavy atom. The molecule has 0 radical (unpaired) electrons. The van der Waals surface area contributed by atoms with Gasteiger partial charge in [-0.2, -0.15) is 0 Å². The third-order valence-electron chi connectivity index (χ3n) is 4.69. The highest BCUT2D eigenvalue weighted by atomic mass is 16.5. The SMILES string of the molecule is C#CC(=O)N(C[C@@H]1CCNC1=O)NC(=O)CNC(=O)c1cc2c(OC)cccc2[nH]1. The maximum atomic E-state index is 12.4. The van der Waals surface area contributed by atoms with Gasteiger partial charge in [-0.25, -0.2) is 5.01 Å².